The van der Waals surface area contributed by atoms with Crippen molar-refractivity contribution < 1.29 is 9.21 Å². The number of anilines is 1. The molecule has 4 aromatic rings. The molecule has 1 aromatic carbocycles. The molecule has 136 valence electrons. The molecule has 0 aliphatic carbocycles. The number of hydrogen-bond donors (Lipinski definition) is 0. The number of thiazole rings is 1. The third kappa shape index (κ3) is 3.86. The molecule has 1 amide bonds. The number of aryl methyl sites for hydroxylation is 2. The first kappa shape index (κ1) is 17.7. The van der Waals surface area contributed by atoms with E-state index in [0.717, 1.165) is 26.4 Å². The van der Waals surface area contributed by atoms with E-state index in [1.54, 1.807) is 28.6 Å². The van der Waals surface area contributed by atoms with Gasteiger partial charge in [0.2, 0.25) is 0 Å². The van der Waals surface area contributed by atoms with Gasteiger partial charge in [-0.05, 0) is 60.7 Å². The third-order valence-corrected chi connectivity index (χ3v) is 6.01. The molecule has 0 bridgehead atoms. The van der Waals surface area contributed by atoms with Gasteiger partial charge in [-0.25, -0.2) is 4.98 Å². The van der Waals surface area contributed by atoms with Crippen molar-refractivity contribution in [1.29, 1.82) is 0 Å². The maximum Gasteiger partial charge on any atom is 0.253 e. The molecular weight excluding hydrogens is 376 g/mol. The molecule has 6 heteroatoms. The topological polar surface area (TPSA) is 46.3 Å². The van der Waals surface area contributed by atoms with Crippen LogP contribution in [0.25, 0.3) is 16.3 Å². The molecule has 0 aliphatic rings. The predicted octanol–water partition coefficient (Wildman–Crippen LogP) is 5.81. The van der Waals surface area contributed by atoms with Crippen molar-refractivity contribution in [2.45, 2.75) is 20.4 Å². The van der Waals surface area contributed by atoms with Crippen molar-refractivity contribution >= 4 is 50.0 Å². The lowest BCUT2D eigenvalue weighted by Crippen LogP contribution is -2.28. The Bertz CT molecular complexity index is 1090. The molecule has 0 N–H and O–H groups in total. The number of rotatable bonds is 5. The summed E-state index contributed by atoms with van der Waals surface area (Å²) in [6.07, 6.45) is 5.05. The van der Waals surface area contributed by atoms with E-state index in [0.29, 0.717) is 11.7 Å². The zero-order valence-corrected chi connectivity index (χ0v) is 16.6. The molecule has 0 radical (unpaired) electrons. The molecule has 4 nitrogen and oxygen atoms in total. The lowest BCUT2D eigenvalue weighted by atomic mass is 10.1. The standard InChI is InChI=1S/C21H18N2O2S2/c1-14-11-15(2)20-18(12-14)27-21(22-20)23(13-16-5-3-9-25-16)19(24)8-7-17-6-4-10-26-17/h3-12H,13H2,1-2H3/b8-7+. The quantitative estimate of drug-likeness (QED) is 0.401. The third-order valence-electron chi connectivity index (χ3n) is 4.14. The van der Waals surface area contributed by atoms with Crippen molar-refractivity contribution in [2.75, 3.05) is 4.90 Å². The highest BCUT2D eigenvalue weighted by Crippen LogP contribution is 2.32. The number of furan rings is 1. The van der Waals surface area contributed by atoms with Crippen molar-refractivity contribution in [1.82, 2.24) is 4.98 Å². The first-order valence-electron chi connectivity index (χ1n) is 8.53. The molecule has 0 saturated carbocycles. The maximum atomic E-state index is 13.0. The van der Waals surface area contributed by atoms with Gasteiger partial charge in [0.25, 0.3) is 5.91 Å². The van der Waals surface area contributed by atoms with Gasteiger partial charge in [0.1, 0.15) is 5.76 Å². The minimum Gasteiger partial charge on any atom is -0.467 e. The molecule has 27 heavy (non-hydrogen) atoms. The largest absolute Gasteiger partial charge is 0.467 e. The summed E-state index contributed by atoms with van der Waals surface area (Å²) in [5, 5.41) is 2.67. The number of carbonyl (C=O) groups is 1. The Morgan fingerprint density at radius 2 is 2.15 bits per heavy atom. The van der Waals surface area contributed by atoms with Crippen LogP contribution in [-0.2, 0) is 11.3 Å². The summed E-state index contributed by atoms with van der Waals surface area (Å²) in [5.74, 6) is 0.605. The van der Waals surface area contributed by atoms with E-state index < -0.39 is 0 Å². The summed E-state index contributed by atoms with van der Waals surface area (Å²) in [7, 11) is 0. The number of nitrogens with zero attached hydrogens (tertiary/aromatic N) is 2. The summed E-state index contributed by atoms with van der Waals surface area (Å²) in [6, 6.07) is 11.9. The highest BCUT2D eigenvalue weighted by Gasteiger charge is 2.20. The van der Waals surface area contributed by atoms with Gasteiger partial charge in [-0.3, -0.25) is 9.69 Å². The zero-order valence-electron chi connectivity index (χ0n) is 15.0. The zero-order chi connectivity index (χ0) is 18.8. The molecule has 3 aromatic heterocycles. The average molecular weight is 395 g/mol. The Kier molecular flexibility index (Phi) is 4.92. The van der Waals surface area contributed by atoms with Crippen LogP contribution >= 0.6 is 22.7 Å². The number of hydrogen-bond acceptors (Lipinski definition) is 5. The fourth-order valence-corrected chi connectivity index (χ4v) is 4.67. The molecule has 0 fully saturated rings. The molecule has 0 atom stereocenters. The Hall–Kier alpha value is -2.70. The van der Waals surface area contributed by atoms with Crippen molar-refractivity contribution in [3.05, 3.63) is 75.9 Å². The van der Waals surface area contributed by atoms with Gasteiger partial charge in [-0.2, -0.15) is 0 Å². The molecular formula is C21H18N2O2S2. The average Bonchev–Trinajstić information content (AvgIpc) is 3.38. The molecule has 0 saturated heterocycles. The number of thiophene rings is 1. The van der Waals surface area contributed by atoms with Crippen LogP contribution in [0, 0.1) is 13.8 Å². The van der Waals surface area contributed by atoms with Gasteiger partial charge < -0.3 is 4.42 Å². The Morgan fingerprint density at radius 1 is 1.26 bits per heavy atom. The van der Waals surface area contributed by atoms with Gasteiger partial charge in [0, 0.05) is 11.0 Å². The van der Waals surface area contributed by atoms with E-state index in [2.05, 4.69) is 19.1 Å². The predicted molar refractivity (Wildman–Crippen MR) is 112 cm³/mol. The summed E-state index contributed by atoms with van der Waals surface area (Å²) in [6.45, 7) is 4.47. The van der Waals surface area contributed by atoms with Crippen molar-refractivity contribution in [3.63, 3.8) is 0 Å². The molecule has 4 rings (SSSR count). The van der Waals surface area contributed by atoms with E-state index in [-0.39, 0.29) is 5.91 Å². The van der Waals surface area contributed by atoms with E-state index >= 15 is 0 Å². The summed E-state index contributed by atoms with van der Waals surface area (Å²) in [4.78, 5) is 20.4. The van der Waals surface area contributed by atoms with Crippen LogP contribution < -0.4 is 4.90 Å². The molecule has 0 unspecified atom stereocenters. The number of carbonyl (C=O) groups excluding carboxylic acids is 1. The molecule has 0 spiro atoms. The summed E-state index contributed by atoms with van der Waals surface area (Å²) < 4.78 is 6.55. The highest BCUT2D eigenvalue weighted by atomic mass is 32.1. The first-order valence-corrected chi connectivity index (χ1v) is 10.2. The van der Waals surface area contributed by atoms with Crippen LogP contribution in [-0.4, -0.2) is 10.9 Å². The highest BCUT2D eigenvalue weighted by molar-refractivity contribution is 7.22. The minimum absolute atomic E-state index is 0.117. The molecule has 3 heterocycles. The fourth-order valence-electron chi connectivity index (χ4n) is 2.90. The van der Waals surface area contributed by atoms with Gasteiger partial charge in [-0.1, -0.05) is 23.5 Å². The van der Waals surface area contributed by atoms with Gasteiger partial charge >= 0.3 is 0 Å². The van der Waals surface area contributed by atoms with Crippen LogP contribution in [0.2, 0.25) is 0 Å². The van der Waals surface area contributed by atoms with E-state index in [1.807, 2.05) is 42.6 Å². The normalized spacial score (nSPS) is 11.5. The number of benzene rings is 1. The minimum atomic E-state index is -0.117. The summed E-state index contributed by atoms with van der Waals surface area (Å²) in [5.41, 5.74) is 3.25. The Balaban J connectivity index is 1.71. The van der Waals surface area contributed by atoms with Crippen molar-refractivity contribution in [2.24, 2.45) is 0 Å². The monoisotopic (exact) mass is 394 g/mol. The van der Waals surface area contributed by atoms with Crippen LogP contribution in [0.4, 0.5) is 5.13 Å². The molecule has 0 aliphatic heterocycles. The fraction of sp³-hybridized carbons (Fsp3) is 0.143. The summed E-state index contributed by atoms with van der Waals surface area (Å²) >= 11 is 3.12. The van der Waals surface area contributed by atoms with Crippen LogP contribution in [0.5, 0.6) is 0 Å². The maximum absolute atomic E-state index is 13.0. The van der Waals surface area contributed by atoms with Crippen LogP contribution in [0.3, 0.4) is 0 Å². The van der Waals surface area contributed by atoms with E-state index in [4.69, 9.17) is 9.40 Å². The second-order valence-electron chi connectivity index (χ2n) is 6.28. The second-order valence-corrected chi connectivity index (χ2v) is 8.27. The lowest BCUT2D eigenvalue weighted by molar-refractivity contribution is -0.114. The van der Waals surface area contributed by atoms with Crippen molar-refractivity contribution in [3.8, 4) is 0 Å². The number of amides is 1. The smallest absolute Gasteiger partial charge is 0.253 e. The van der Waals surface area contributed by atoms with Crippen LogP contribution in [0.15, 0.2) is 58.5 Å². The number of aromatic nitrogens is 1. The Labute approximate surface area is 165 Å². The first-order chi connectivity index (χ1) is 13.1. The second kappa shape index (κ2) is 7.50. The van der Waals surface area contributed by atoms with E-state index in [9.17, 15) is 4.79 Å². The van der Waals surface area contributed by atoms with Gasteiger partial charge in [0.15, 0.2) is 5.13 Å². The van der Waals surface area contributed by atoms with Gasteiger partial charge in [0.05, 0.1) is 23.0 Å². The lowest BCUT2D eigenvalue weighted by Gasteiger charge is -2.16. The SMILES string of the molecule is Cc1cc(C)c2nc(N(Cc3ccco3)C(=O)/C=C/c3cccs3)sc2c1. The number of fused-ring (bicyclic) bond motifs is 1. The Morgan fingerprint density at radius 3 is 2.89 bits per heavy atom. The van der Waals surface area contributed by atoms with Crippen LogP contribution in [0.1, 0.15) is 21.8 Å². The van der Waals surface area contributed by atoms with E-state index in [1.165, 1.54) is 16.9 Å². The van der Waals surface area contributed by atoms with Gasteiger partial charge in [-0.15, -0.1) is 11.3 Å².